The molecule has 0 saturated carbocycles. The predicted molar refractivity (Wildman–Crippen MR) is 59.0 cm³/mol. The first-order chi connectivity index (χ1) is 7.22. The average Bonchev–Trinajstić information content (AvgIpc) is 2.25. The van der Waals surface area contributed by atoms with E-state index in [4.69, 9.17) is 5.73 Å². The van der Waals surface area contributed by atoms with E-state index in [0.29, 0.717) is 6.42 Å². The molecule has 1 aromatic rings. The molecule has 0 fully saturated rings. The van der Waals surface area contributed by atoms with Gasteiger partial charge in [0.15, 0.2) is 0 Å². The topological polar surface area (TPSA) is 64.7 Å². The second kappa shape index (κ2) is 5.80. The third-order valence-corrected chi connectivity index (χ3v) is 1.99. The Labute approximate surface area is 88.8 Å². The van der Waals surface area contributed by atoms with Crippen LogP contribution >= 0.6 is 0 Å². The molecule has 0 unspecified atom stereocenters. The lowest BCUT2D eigenvalue weighted by Crippen LogP contribution is -2.22. The van der Waals surface area contributed by atoms with Crippen molar-refractivity contribution in [1.82, 2.24) is 0 Å². The van der Waals surface area contributed by atoms with E-state index in [1.165, 1.54) is 0 Å². The highest BCUT2D eigenvalue weighted by Gasteiger charge is 2.08. The third kappa shape index (κ3) is 4.26. The van der Waals surface area contributed by atoms with Crippen molar-refractivity contribution in [2.45, 2.75) is 12.5 Å². The Morgan fingerprint density at radius 3 is 2.67 bits per heavy atom. The summed E-state index contributed by atoms with van der Waals surface area (Å²) in [5.74, 6) is 0. The van der Waals surface area contributed by atoms with Crippen molar-refractivity contribution in [2.24, 2.45) is 10.7 Å². The van der Waals surface area contributed by atoms with Crippen LogP contribution in [0.25, 0.3) is 0 Å². The zero-order valence-corrected chi connectivity index (χ0v) is 8.43. The Morgan fingerprint density at radius 2 is 2.13 bits per heavy atom. The van der Waals surface area contributed by atoms with Crippen LogP contribution in [0.4, 0.5) is 4.79 Å². The van der Waals surface area contributed by atoms with Crippen molar-refractivity contribution in [1.29, 1.82) is 0 Å². The van der Waals surface area contributed by atoms with E-state index in [-0.39, 0.29) is 12.6 Å². The largest absolute Gasteiger partial charge is 0.447 e. The summed E-state index contributed by atoms with van der Waals surface area (Å²) in [5.41, 5.74) is 5.99. The predicted octanol–water partition coefficient (Wildman–Crippen LogP) is 1.39. The number of rotatable bonds is 5. The fourth-order valence-corrected chi connectivity index (χ4v) is 1.24. The molecule has 2 N–H and O–H groups in total. The Morgan fingerprint density at radius 1 is 1.47 bits per heavy atom. The van der Waals surface area contributed by atoms with E-state index in [2.05, 4.69) is 16.4 Å². The number of nitrogens with two attached hydrogens (primary N) is 1. The molecule has 0 heterocycles. The molecule has 1 amide bonds. The van der Waals surface area contributed by atoms with Gasteiger partial charge in [0.2, 0.25) is 0 Å². The summed E-state index contributed by atoms with van der Waals surface area (Å²) in [7, 11) is 0. The highest BCUT2D eigenvalue weighted by Crippen LogP contribution is 2.05. The van der Waals surface area contributed by atoms with E-state index >= 15 is 0 Å². The fraction of sp³-hybridized carbons (Fsp3) is 0.273. The first kappa shape index (κ1) is 11.2. The maximum absolute atomic E-state index is 10.4. The molecule has 0 spiro atoms. The fourth-order valence-electron chi connectivity index (χ4n) is 1.24. The molecule has 0 aliphatic carbocycles. The highest BCUT2D eigenvalue weighted by molar-refractivity contribution is 5.64. The molecule has 80 valence electrons. The summed E-state index contributed by atoms with van der Waals surface area (Å²) in [6, 6.07) is 9.68. The quantitative estimate of drug-likeness (QED) is 0.740. The standard InChI is InChI=1S/C11H14N2O2/c1-13-10(8-15-11(12)14)7-9-5-3-2-4-6-9/h2-6,10H,1,7-8H2,(H2,12,14)/t10-/m0/s1. The van der Waals surface area contributed by atoms with Crippen LogP contribution in [0.15, 0.2) is 35.3 Å². The van der Waals surface area contributed by atoms with Crippen LogP contribution in [0.3, 0.4) is 0 Å². The van der Waals surface area contributed by atoms with Gasteiger partial charge in [0.1, 0.15) is 6.61 Å². The van der Waals surface area contributed by atoms with Gasteiger partial charge in [-0.05, 0) is 18.7 Å². The zero-order chi connectivity index (χ0) is 11.1. The number of nitrogens with zero attached hydrogens (tertiary/aromatic N) is 1. The molecule has 4 nitrogen and oxygen atoms in total. The Balaban J connectivity index is 2.47. The van der Waals surface area contributed by atoms with E-state index < -0.39 is 6.09 Å². The molecule has 1 aromatic carbocycles. The van der Waals surface area contributed by atoms with Crippen molar-refractivity contribution in [3.05, 3.63) is 35.9 Å². The Kier molecular flexibility index (Phi) is 4.34. The van der Waals surface area contributed by atoms with Crippen LogP contribution in [-0.4, -0.2) is 25.5 Å². The molecule has 0 radical (unpaired) electrons. The van der Waals surface area contributed by atoms with Crippen LogP contribution in [0.5, 0.6) is 0 Å². The third-order valence-electron chi connectivity index (χ3n) is 1.99. The second-order valence-electron chi connectivity index (χ2n) is 3.16. The maximum Gasteiger partial charge on any atom is 0.404 e. The Hall–Kier alpha value is -1.84. The number of carbonyl (C=O) groups is 1. The molecular weight excluding hydrogens is 192 g/mol. The van der Waals surface area contributed by atoms with Gasteiger partial charge in [-0.25, -0.2) is 4.79 Å². The van der Waals surface area contributed by atoms with Gasteiger partial charge < -0.3 is 10.5 Å². The minimum Gasteiger partial charge on any atom is -0.447 e. The lowest BCUT2D eigenvalue weighted by atomic mass is 10.1. The van der Waals surface area contributed by atoms with Crippen LogP contribution in [-0.2, 0) is 11.2 Å². The summed E-state index contributed by atoms with van der Waals surface area (Å²) in [4.78, 5) is 14.3. The molecule has 0 saturated heterocycles. The SMILES string of the molecule is C=N[C@H](COC(N)=O)Cc1ccccc1. The first-order valence-corrected chi connectivity index (χ1v) is 4.64. The molecule has 0 bridgehead atoms. The van der Waals surface area contributed by atoms with Gasteiger partial charge in [-0.2, -0.15) is 0 Å². The molecule has 1 atom stereocenters. The smallest absolute Gasteiger partial charge is 0.404 e. The number of ether oxygens (including phenoxy) is 1. The molecule has 0 aliphatic rings. The summed E-state index contributed by atoms with van der Waals surface area (Å²) >= 11 is 0. The number of aliphatic imine (C=N–C) groups is 1. The first-order valence-electron chi connectivity index (χ1n) is 4.64. The van der Waals surface area contributed by atoms with Gasteiger partial charge in [0.05, 0.1) is 6.04 Å². The molecule has 0 aromatic heterocycles. The maximum atomic E-state index is 10.4. The molecule has 15 heavy (non-hydrogen) atoms. The van der Waals surface area contributed by atoms with Crippen molar-refractivity contribution in [3.63, 3.8) is 0 Å². The lowest BCUT2D eigenvalue weighted by molar-refractivity contribution is 0.149. The van der Waals surface area contributed by atoms with Gasteiger partial charge in [-0.1, -0.05) is 30.3 Å². The molecule has 4 heteroatoms. The van der Waals surface area contributed by atoms with Crippen LogP contribution < -0.4 is 5.73 Å². The normalized spacial score (nSPS) is 11.7. The lowest BCUT2D eigenvalue weighted by Gasteiger charge is -2.11. The van der Waals surface area contributed by atoms with Crippen LogP contribution in [0.1, 0.15) is 5.56 Å². The van der Waals surface area contributed by atoms with Gasteiger partial charge >= 0.3 is 6.09 Å². The van der Waals surface area contributed by atoms with E-state index in [9.17, 15) is 4.79 Å². The number of carbonyl (C=O) groups excluding carboxylic acids is 1. The summed E-state index contributed by atoms with van der Waals surface area (Å²) < 4.78 is 4.67. The highest BCUT2D eigenvalue weighted by atomic mass is 16.5. The number of hydrogen-bond acceptors (Lipinski definition) is 3. The van der Waals surface area contributed by atoms with Gasteiger partial charge in [0, 0.05) is 0 Å². The van der Waals surface area contributed by atoms with Crippen LogP contribution in [0.2, 0.25) is 0 Å². The zero-order valence-electron chi connectivity index (χ0n) is 8.43. The minimum atomic E-state index is -0.781. The minimum absolute atomic E-state index is 0.139. The van der Waals surface area contributed by atoms with Gasteiger partial charge in [0.25, 0.3) is 0 Å². The Bertz CT molecular complexity index is 325. The van der Waals surface area contributed by atoms with E-state index in [0.717, 1.165) is 5.56 Å². The van der Waals surface area contributed by atoms with Crippen molar-refractivity contribution in [3.8, 4) is 0 Å². The summed E-state index contributed by atoms with van der Waals surface area (Å²) in [5, 5.41) is 0. The summed E-state index contributed by atoms with van der Waals surface area (Å²) in [6.45, 7) is 3.63. The van der Waals surface area contributed by atoms with E-state index in [1.54, 1.807) is 0 Å². The molecular formula is C11H14N2O2. The average molecular weight is 206 g/mol. The summed E-state index contributed by atoms with van der Waals surface area (Å²) in [6.07, 6.45) is -0.0887. The number of benzene rings is 1. The molecule has 0 aliphatic heterocycles. The second-order valence-corrected chi connectivity index (χ2v) is 3.16. The number of hydrogen-bond donors (Lipinski definition) is 1. The van der Waals surface area contributed by atoms with E-state index in [1.807, 2.05) is 30.3 Å². The van der Waals surface area contributed by atoms with Crippen molar-refractivity contribution < 1.29 is 9.53 Å². The van der Waals surface area contributed by atoms with Gasteiger partial charge in [-0.3, -0.25) is 4.99 Å². The van der Waals surface area contributed by atoms with Crippen molar-refractivity contribution in [2.75, 3.05) is 6.61 Å². The van der Waals surface area contributed by atoms with Crippen LogP contribution in [0, 0.1) is 0 Å². The van der Waals surface area contributed by atoms with Gasteiger partial charge in [-0.15, -0.1) is 0 Å². The number of amides is 1. The molecule has 1 rings (SSSR count). The number of primary amides is 1. The monoisotopic (exact) mass is 206 g/mol. The van der Waals surface area contributed by atoms with Crippen molar-refractivity contribution >= 4 is 12.8 Å².